The zero-order chi connectivity index (χ0) is 19.8. The summed E-state index contributed by atoms with van der Waals surface area (Å²) in [7, 11) is 0. The Hall–Kier alpha value is -3.25. The number of amides is 1. The molecule has 1 N–H and O–H groups in total. The molecule has 0 spiro atoms. The van der Waals surface area contributed by atoms with E-state index in [-0.39, 0.29) is 11.3 Å². The molecule has 0 fully saturated rings. The average molecular weight is 390 g/mol. The third-order valence-corrected chi connectivity index (χ3v) is 5.31. The first-order chi connectivity index (χ1) is 13.4. The largest absolute Gasteiger partial charge is 0.456 e. The van der Waals surface area contributed by atoms with Crippen molar-refractivity contribution in [1.82, 2.24) is 4.98 Å². The van der Waals surface area contributed by atoms with Gasteiger partial charge in [-0.2, -0.15) is 0 Å². The second-order valence-corrected chi connectivity index (χ2v) is 7.62. The van der Waals surface area contributed by atoms with Gasteiger partial charge in [0, 0.05) is 22.6 Å². The molecule has 0 aliphatic heterocycles. The summed E-state index contributed by atoms with van der Waals surface area (Å²) >= 11 is 1.38. The first-order valence-corrected chi connectivity index (χ1v) is 9.68. The zero-order valence-corrected chi connectivity index (χ0v) is 16.5. The standard InChI is InChI=1S/C22H18N2O3S/c1-12-8-13(2)20-17(9-12)18(25)10-19(27-20)15-4-6-16(7-5-15)21(26)24-22-23-14(3)11-28-22/h4-11H,1-3H3,(H,23,24,26). The van der Waals surface area contributed by atoms with Crippen molar-refractivity contribution in [1.29, 1.82) is 0 Å². The molecule has 2 aromatic carbocycles. The Balaban J connectivity index is 1.65. The van der Waals surface area contributed by atoms with Crippen molar-refractivity contribution in [3.05, 3.63) is 80.5 Å². The van der Waals surface area contributed by atoms with E-state index in [9.17, 15) is 9.59 Å². The molecule has 0 saturated carbocycles. The van der Waals surface area contributed by atoms with Crippen LogP contribution in [-0.2, 0) is 0 Å². The molecular formula is C22H18N2O3S. The van der Waals surface area contributed by atoms with Gasteiger partial charge in [0.15, 0.2) is 10.6 Å². The smallest absolute Gasteiger partial charge is 0.257 e. The number of nitrogens with one attached hydrogen (secondary N) is 1. The fourth-order valence-corrected chi connectivity index (χ4v) is 3.80. The van der Waals surface area contributed by atoms with Gasteiger partial charge in [0.25, 0.3) is 5.91 Å². The molecule has 1 amide bonds. The van der Waals surface area contributed by atoms with Crippen LogP contribution in [-0.4, -0.2) is 10.9 Å². The molecule has 2 heterocycles. The maximum atomic E-state index is 12.5. The minimum Gasteiger partial charge on any atom is -0.456 e. The van der Waals surface area contributed by atoms with E-state index in [1.165, 1.54) is 17.4 Å². The molecule has 140 valence electrons. The van der Waals surface area contributed by atoms with E-state index < -0.39 is 0 Å². The molecule has 0 aliphatic rings. The number of aromatic nitrogens is 1. The van der Waals surface area contributed by atoms with Crippen molar-refractivity contribution >= 4 is 33.3 Å². The maximum absolute atomic E-state index is 12.5. The van der Waals surface area contributed by atoms with Gasteiger partial charge in [-0.25, -0.2) is 4.98 Å². The van der Waals surface area contributed by atoms with E-state index >= 15 is 0 Å². The summed E-state index contributed by atoms with van der Waals surface area (Å²) < 4.78 is 6.00. The van der Waals surface area contributed by atoms with Crippen LogP contribution in [0.2, 0.25) is 0 Å². The fourth-order valence-electron chi connectivity index (χ4n) is 3.12. The molecule has 2 aromatic heterocycles. The summed E-state index contributed by atoms with van der Waals surface area (Å²) in [4.78, 5) is 29.1. The highest BCUT2D eigenvalue weighted by molar-refractivity contribution is 7.13. The van der Waals surface area contributed by atoms with E-state index in [1.807, 2.05) is 38.3 Å². The van der Waals surface area contributed by atoms with Crippen molar-refractivity contribution < 1.29 is 9.21 Å². The minimum atomic E-state index is -0.229. The van der Waals surface area contributed by atoms with Crippen molar-refractivity contribution in [2.45, 2.75) is 20.8 Å². The van der Waals surface area contributed by atoms with Gasteiger partial charge < -0.3 is 4.42 Å². The Morgan fingerprint density at radius 1 is 1.07 bits per heavy atom. The lowest BCUT2D eigenvalue weighted by molar-refractivity contribution is 0.102. The number of nitrogens with zero attached hydrogens (tertiary/aromatic N) is 1. The number of thiazole rings is 1. The Labute approximate surface area is 165 Å². The van der Waals surface area contributed by atoms with Gasteiger partial charge in [0.2, 0.25) is 0 Å². The fraction of sp³-hybridized carbons (Fsp3) is 0.136. The molecule has 0 bridgehead atoms. The third-order valence-electron chi connectivity index (χ3n) is 4.43. The highest BCUT2D eigenvalue weighted by Crippen LogP contribution is 2.25. The zero-order valence-electron chi connectivity index (χ0n) is 15.7. The molecule has 0 atom stereocenters. The second-order valence-electron chi connectivity index (χ2n) is 6.76. The van der Waals surface area contributed by atoms with Gasteiger partial charge >= 0.3 is 0 Å². The van der Waals surface area contributed by atoms with E-state index in [2.05, 4.69) is 10.3 Å². The van der Waals surface area contributed by atoms with Gasteiger partial charge in [0.05, 0.1) is 11.1 Å². The molecule has 5 nitrogen and oxygen atoms in total. The van der Waals surface area contributed by atoms with E-state index in [1.54, 1.807) is 24.3 Å². The number of fused-ring (bicyclic) bond motifs is 1. The van der Waals surface area contributed by atoms with Gasteiger partial charge in [-0.3, -0.25) is 14.9 Å². The number of hydrogen-bond donors (Lipinski definition) is 1. The molecular weight excluding hydrogens is 372 g/mol. The number of carbonyl (C=O) groups excluding carboxylic acids is 1. The Morgan fingerprint density at radius 3 is 2.50 bits per heavy atom. The molecule has 0 saturated heterocycles. The summed E-state index contributed by atoms with van der Waals surface area (Å²) in [6.45, 7) is 5.76. The summed E-state index contributed by atoms with van der Waals surface area (Å²) in [6, 6.07) is 12.3. The van der Waals surface area contributed by atoms with E-state index in [0.29, 0.717) is 27.4 Å². The van der Waals surface area contributed by atoms with Gasteiger partial charge in [-0.15, -0.1) is 11.3 Å². The van der Waals surface area contributed by atoms with Crippen molar-refractivity contribution in [2.75, 3.05) is 5.32 Å². The SMILES string of the molecule is Cc1cc(C)c2oc(-c3ccc(C(=O)Nc4nc(C)cs4)cc3)cc(=O)c2c1. The van der Waals surface area contributed by atoms with Gasteiger partial charge in [-0.05, 0) is 50.1 Å². The molecule has 4 aromatic rings. The van der Waals surface area contributed by atoms with Gasteiger partial charge in [0.1, 0.15) is 11.3 Å². The van der Waals surface area contributed by atoms with Gasteiger partial charge in [-0.1, -0.05) is 18.2 Å². The highest BCUT2D eigenvalue weighted by Gasteiger charge is 2.12. The molecule has 6 heteroatoms. The minimum absolute atomic E-state index is 0.0796. The molecule has 0 radical (unpaired) electrons. The van der Waals surface area contributed by atoms with Crippen LogP contribution in [0.25, 0.3) is 22.3 Å². The quantitative estimate of drug-likeness (QED) is 0.529. The maximum Gasteiger partial charge on any atom is 0.257 e. The predicted molar refractivity (Wildman–Crippen MR) is 112 cm³/mol. The van der Waals surface area contributed by atoms with Crippen molar-refractivity contribution in [3.8, 4) is 11.3 Å². The monoisotopic (exact) mass is 390 g/mol. The third kappa shape index (κ3) is 3.46. The Bertz CT molecular complexity index is 1250. The van der Waals surface area contributed by atoms with E-state index in [0.717, 1.165) is 22.4 Å². The van der Waals surface area contributed by atoms with Crippen LogP contribution in [0.5, 0.6) is 0 Å². The molecule has 0 aliphatic carbocycles. The number of rotatable bonds is 3. The number of aryl methyl sites for hydroxylation is 3. The first-order valence-electron chi connectivity index (χ1n) is 8.80. The van der Waals surface area contributed by atoms with Crippen LogP contribution in [0, 0.1) is 20.8 Å². The number of benzene rings is 2. The second kappa shape index (κ2) is 7.05. The Morgan fingerprint density at radius 2 is 1.82 bits per heavy atom. The van der Waals surface area contributed by atoms with Crippen LogP contribution in [0.4, 0.5) is 5.13 Å². The van der Waals surface area contributed by atoms with Crippen LogP contribution >= 0.6 is 11.3 Å². The van der Waals surface area contributed by atoms with Crippen LogP contribution in [0.1, 0.15) is 27.2 Å². The molecule has 28 heavy (non-hydrogen) atoms. The number of anilines is 1. The highest BCUT2D eigenvalue weighted by atomic mass is 32.1. The lowest BCUT2D eigenvalue weighted by atomic mass is 10.1. The van der Waals surface area contributed by atoms with Crippen LogP contribution in [0.3, 0.4) is 0 Å². The van der Waals surface area contributed by atoms with Crippen LogP contribution in [0.15, 0.2) is 57.1 Å². The van der Waals surface area contributed by atoms with Crippen molar-refractivity contribution in [2.24, 2.45) is 0 Å². The van der Waals surface area contributed by atoms with Crippen molar-refractivity contribution in [3.63, 3.8) is 0 Å². The summed E-state index contributed by atoms with van der Waals surface area (Å²) in [6.07, 6.45) is 0. The lowest BCUT2D eigenvalue weighted by Crippen LogP contribution is -2.11. The lowest BCUT2D eigenvalue weighted by Gasteiger charge is -2.07. The molecule has 0 unspecified atom stereocenters. The predicted octanol–water partition coefficient (Wildman–Crippen LogP) is 5.09. The first kappa shape index (κ1) is 18.1. The van der Waals surface area contributed by atoms with E-state index in [4.69, 9.17) is 4.42 Å². The summed E-state index contributed by atoms with van der Waals surface area (Å²) in [5.41, 5.74) is 4.57. The Kier molecular flexibility index (Phi) is 4.57. The number of hydrogen-bond acceptors (Lipinski definition) is 5. The average Bonchev–Trinajstić information content (AvgIpc) is 3.07. The summed E-state index contributed by atoms with van der Waals surface area (Å²) in [5.74, 6) is 0.249. The topological polar surface area (TPSA) is 72.2 Å². The summed E-state index contributed by atoms with van der Waals surface area (Å²) in [5, 5.41) is 5.81. The number of carbonyl (C=O) groups is 1. The normalized spacial score (nSPS) is 11.0. The molecule has 4 rings (SSSR count). The van der Waals surface area contributed by atoms with Crippen LogP contribution < -0.4 is 10.7 Å².